The smallest absolute Gasteiger partial charge is 0.254 e. The fourth-order valence-electron chi connectivity index (χ4n) is 3.25. The molecule has 2 aromatic carbocycles. The molecule has 0 saturated carbocycles. The maximum absolute atomic E-state index is 12.6. The molecule has 1 aliphatic rings. The van der Waals surface area contributed by atoms with Crippen LogP contribution < -0.4 is 16.0 Å². The molecule has 8 nitrogen and oxygen atoms in total. The Balaban J connectivity index is 1.54. The first kappa shape index (κ1) is 23.3. The van der Waals surface area contributed by atoms with E-state index < -0.39 is 0 Å². The summed E-state index contributed by atoms with van der Waals surface area (Å²) < 4.78 is 5.29. The number of nitrogens with zero attached hydrogens (tertiary/aromatic N) is 1. The average Bonchev–Trinajstić information content (AvgIpc) is 2.83. The first-order chi connectivity index (χ1) is 15.5. The van der Waals surface area contributed by atoms with Crippen LogP contribution in [0, 0.1) is 0 Å². The predicted octanol–water partition coefficient (Wildman–Crippen LogP) is 2.74. The van der Waals surface area contributed by atoms with E-state index in [2.05, 4.69) is 16.0 Å². The van der Waals surface area contributed by atoms with Crippen molar-refractivity contribution in [3.05, 3.63) is 59.7 Å². The Morgan fingerprint density at radius 2 is 1.66 bits per heavy atom. The van der Waals surface area contributed by atoms with Crippen LogP contribution in [-0.4, -0.2) is 61.5 Å². The third-order valence-corrected chi connectivity index (χ3v) is 5.26. The molecule has 1 aliphatic heterocycles. The van der Waals surface area contributed by atoms with E-state index in [4.69, 9.17) is 4.74 Å². The largest absolute Gasteiger partial charge is 0.378 e. The van der Waals surface area contributed by atoms with Crippen molar-refractivity contribution in [1.29, 1.82) is 0 Å². The zero-order valence-corrected chi connectivity index (χ0v) is 18.5. The number of rotatable bonds is 8. The van der Waals surface area contributed by atoms with E-state index in [1.54, 1.807) is 47.4 Å². The molecule has 0 radical (unpaired) electrons. The van der Waals surface area contributed by atoms with Crippen molar-refractivity contribution in [2.45, 2.75) is 26.3 Å². The molecule has 8 heteroatoms. The number of nitrogens with one attached hydrogen (secondary N) is 3. The van der Waals surface area contributed by atoms with Crippen LogP contribution in [0.3, 0.4) is 0 Å². The zero-order chi connectivity index (χ0) is 22.9. The van der Waals surface area contributed by atoms with Gasteiger partial charge in [-0.2, -0.15) is 0 Å². The van der Waals surface area contributed by atoms with E-state index in [1.807, 2.05) is 19.9 Å². The molecule has 2 aromatic rings. The summed E-state index contributed by atoms with van der Waals surface area (Å²) in [5.41, 5.74) is 2.29. The van der Waals surface area contributed by atoms with Gasteiger partial charge in [-0.25, -0.2) is 0 Å². The highest BCUT2D eigenvalue weighted by Gasteiger charge is 2.18. The maximum Gasteiger partial charge on any atom is 0.254 e. The van der Waals surface area contributed by atoms with E-state index in [1.165, 1.54) is 0 Å². The van der Waals surface area contributed by atoms with E-state index in [0.717, 1.165) is 6.42 Å². The number of hydrogen-bond donors (Lipinski definition) is 3. The van der Waals surface area contributed by atoms with Crippen LogP contribution in [0.15, 0.2) is 48.5 Å². The second-order valence-corrected chi connectivity index (χ2v) is 7.75. The predicted molar refractivity (Wildman–Crippen MR) is 124 cm³/mol. The van der Waals surface area contributed by atoms with Crippen molar-refractivity contribution >= 4 is 29.1 Å². The van der Waals surface area contributed by atoms with Gasteiger partial charge >= 0.3 is 0 Å². The Bertz CT molecular complexity index is 957. The molecule has 0 bridgehead atoms. The first-order valence-electron chi connectivity index (χ1n) is 10.9. The Labute approximate surface area is 188 Å². The maximum atomic E-state index is 12.6. The molecular formula is C24H30N4O4. The Morgan fingerprint density at radius 1 is 1.00 bits per heavy atom. The fraction of sp³-hybridized carbons (Fsp3) is 0.375. The lowest BCUT2D eigenvalue weighted by Crippen LogP contribution is -2.40. The van der Waals surface area contributed by atoms with E-state index in [0.29, 0.717) is 48.8 Å². The first-order valence-corrected chi connectivity index (χ1v) is 10.9. The minimum atomic E-state index is -0.255. The minimum Gasteiger partial charge on any atom is -0.378 e. The van der Waals surface area contributed by atoms with Crippen molar-refractivity contribution in [3.63, 3.8) is 0 Å². The molecule has 1 fully saturated rings. The summed E-state index contributed by atoms with van der Waals surface area (Å²) in [6.07, 6.45) is 0.840. The third kappa shape index (κ3) is 6.55. The van der Waals surface area contributed by atoms with Gasteiger partial charge in [-0.05, 0) is 49.7 Å². The lowest BCUT2D eigenvalue weighted by atomic mass is 10.1. The van der Waals surface area contributed by atoms with Crippen LogP contribution in [0.5, 0.6) is 0 Å². The topological polar surface area (TPSA) is 99.8 Å². The van der Waals surface area contributed by atoms with Crippen molar-refractivity contribution in [2.24, 2.45) is 0 Å². The summed E-state index contributed by atoms with van der Waals surface area (Å²) >= 11 is 0. The molecule has 32 heavy (non-hydrogen) atoms. The standard InChI is InChI=1S/C24H30N4O4/c1-3-17(2)26-23(30)18-6-4-9-21(14-18)27-22(29)16-25-20-8-5-7-19(15-20)24(31)28-10-12-32-13-11-28/h4-9,14-15,17,25H,3,10-13,16H2,1-2H3,(H,26,30)(H,27,29). The van der Waals surface area contributed by atoms with Gasteiger partial charge in [0, 0.05) is 41.6 Å². The summed E-state index contributed by atoms with van der Waals surface area (Å²) in [5, 5.41) is 8.75. The Hall–Kier alpha value is -3.39. The number of carbonyl (C=O) groups is 3. The normalized spacial score (nSPS) is 14.4. The SMILES string of the molecule is CCC(C)NC(=O)c1cccc(NC(=O)CNc2cccc(C(=O)N3CCOCC3)c2)c1. The summed E-state index contributed by atoms with van der Waals surface area (Å²) in [7, 11) is 0. The molecule has 3 N–H and O–H groups in total. The Kier molecular flexibility index (Phi) is 8.21. The molecule has 1 heterocycles. The van der Waals surface area contributed by atoms with Crippen molar-refractivity contribution in [2.75, 3.05) is 43.5 Å². The van der Waals surface area contributed by atoms with Crippen molar-refractivity contribution in [1.82, 2.24) is 10.2 Å². The number of morpholine rings is 1. The monoisotopic (exact) mass is 438 g/mol. The summed E-state index contributed by atoms with van der Waals surface area (Å²) in [4.78, 5) is 39.1. The lowest BCUT2D eigenvalue weighted by Gasteiger charge is -2.27. The highest BCUT2D eigenvalue weighted by atomic mass is 16.5. The van der Waals surface area contributed by atoms with E-state index in [-0.39, 0.29) is 30.3 Å². The number of hydrogen-bond acceptors (Lipinski definition) is 5. The fourth-order valence-corrected chi connectivity index (χ4v) is 3.25. The molecule has 3 rings (SSSR count). The summed E-state index contributed by atoms with van der Waals surface area (Å²) in [5.74, 6) is -0.474. The molecular weight excluding hydrogens is 408 g/mol. The quantitative estimate of drug-likeness (QED) is 0.589. The third-order valence-electron chi connectivity index (χ3n) is 5.26. The highest BCUT2D eigenvalue weighted by Crippen LogP contribution is 2.15. The van der Waals surface area contributed by atoms with Crippen molar-refractivity contribution in [3.8, 4) is 0 Å². The summed E-state index contributed by atoms with van der Waals surface area (Å²) in [6, 6.07) is 14.0. The van der Waals surface area contributed by atoms with Crippen LogP contribution in [0.25, 0.3) is 0 Å². The number of amides is 3. The summed E-state index contributed by atoms with van der Waals surface area (Å²) in [6.45, 7) is 6.22. The molecule has 1 unspecified atom stereocenters. The number of benzene rings is 2. The zero-order valence-electron chi connectivity index (χ0n) is 18.5. The van der Waals surface area contributed by atoms with Crippen LogP contribution in [0.2, 0.25) is 0 Å². The van der Waals surface area contributed by atoms with Crippen LogP contribution in [0.4, 0.5) is 11.4 Å². The minimum absolute atomic E-state index is 0.0263. The molecule has 170 valence electrons. The lowest BCUT2D eigenvalue weighted by molar-refractivity contribution is -0.114. The average molecular weight is 439 g/mol. The van der Waals surface area contributed by atoms with Gasteiger partial charge in [0.2, 0.25) is 5.91 Å². The molecule has 1 atom stereocenters. The van der Waals surface area contributed by atoms with E-state index in [9.17, 15) is 14.4 Å². The highest BCUT2D eigenvalue weighted by molar-refractivity contribution is 5.98. The van der Waals surface area contributed by atoms with Gasteiger partial charge < -0.3 is 25.6 Å². The second kappa shape index (κ2) is 11.3. The van der Waals surface area contributed by atoms with Crippen LogP contribution in [0.1, 0.15) is 41.0 Å². The molecule has 0 spiro atoms. The number of ether oxygens (including phenoxy) is 1. The number of carbonyl (C=O) groups excluding carboxylic acids is 3. The van der Waals surface area contributed by atoms with Gasteiger partial charge in [0.05, 0.1) is 19.8 Å². The molecule has 1 saturated heterocycles. The number of anilines is 2. The van der Waals surface area contributed by atoms with E-state index >= 15 is 0 Å². The van der Waals surface area contributed by atoms with Gasteiger partial charge in [-0.15, -0.1) is 0 Å². The Morgan fingerprint density at radius 3 is 2.38 bits per heavy atom. The van der Waals surface area contributed by atoms with Gasteiger partial charge in [0.15, 0.2) is 0 Å². The van der Waals surface area contributed by atoms with Crippen molar-refractivity contribution < 1.29 is 19.1 Å². The van der Waals surface area contributed by atoms with Gasteiger partial charge in [-0.1, -0.05) is 19.1 Å². The molecule has 0 aromatic heterocycles. The van der Waals surface area contributed by atoms with Crippen LogP contribution in [-0.2, 0) is 9.53 Å². The van der Waals surface area contributed by atoms with Gasteiger partial charge in [0.1, 0.15) is 0 Å². The van der Waals surface area contributed by atoms with Gasteiger partial charge in [-0.3, -0.25) is 14.4 Å². The van der Waals surface area contributed by atoms with Gasteiger partial charge in [0.25, 0.3) is 11.8 Å². The molecule has 0 aliphatic carbocycles. The molecule has 3 amide bonds. The second-order valence-electron chi connectivity index (χ2n) is 7.75. The van der Waals surface area contributed by atoms with Crippen LogP contribution >= 0.6 is 0 Å².